The van der Waals surface area contributed by atoms with Crippen molar-refractivity contribution in [1.29, 1.82) is 0 Å². The summed E-state index contributed by atoms with van der Waals surface area (Å²) in [5, 5.41) is 3.60. The molecule has 0 saturated carbocycles. The average Bonchev–Trinajstić information content (AvgIpc) is 2.59. The van der Waals surface area contributed by atoms with Gasteiger partial charge in [-0.05, 0) is 47.9 Å². The topological polar surface area (TPSA) is 64.3 Å². The third kappa shape index (κ3) is 7.78. The van der Waals surface area contributed by atoms with E-state index in [1.165, 1.54) is 0 Å². The molecule has 0 aliphatic heterocycles. The number of hydrogen-bond acceptors (Lipinski definition) is 3. The van der Waals surface area contributed by atoms with Gasteiger partial charge in [0.25, 0.3) is 0 Å². The first-order valence-electron chi connectivity index (χ1n) is 7.99. The van der Waals surface area contributed by atoms with Crippen LogP contribution in [0.2, 0.25) is 5.02 Å². The Morgan fingerprint density at radius 3 is 2.60 bits per heavy atom. The summed E-state index contributed by atoms with van der Waals surface area (Å²) < 4.78 is 5.78. The van der Waals surface area contributed by atoms with Crippen molar-refractivity contribution >= 4 is 29.9 Å². The highest BCUT2D eigenvalue weighted by Crippen LogP contribution is 2.17. The van der Waals surface area contributed by atoms with E-state index in [0.29, 0.717) is 31.1 Å². The summed E-state index contributed by atoms with van der Waals surface area (Å²) in [4.78, 5) is 12.0. The van der Waals surface area contributed by atoms with Crippen molar-refractivity contribution in [2.75, 3.05) is 13.1 Å². The fourth-order valence-corrected chi connectivity index (χ4v) is 2.24. The van der Waals surface area contributed by atoms with Crippen LogP contribution in [-0.2, 0) is 17.8 Å². The van der Waals surface area contributed by atoms with E-state index in [4.69, 9.17) is 22.1 Å². The van der Waals surface area contributed by atoms with Crippen LogP contribution in [0.4, 0.5) is 0 Å². The third-order valence-corrected chi connectivity index (χ3v) is 3.88. The fraction of sp³-hybridized carbons (Fsp3) is 0.316. The molecule has 1 unspecified atom stereocenters. The Hall–Kier alpha value is -1.75. The molecular formula is C19H24Cl2N2O2. The highest BCUT2D eigenvalue weighted by molar-refractivity contribution is 6.30. The molecule has 0 saturated heterocycles. The van der Waals surface area contributed by atoms with E-state index < -0.39 is 0 Å². The summed E-state index contributed by atoms with van der Waals surface area (Å²) in [6, 6.07) is 15.1. The summed E-state index contributed by atoms with van der Waals surface area (Å²) in [7, 11) is 0. The predicted molar refractivity (Wildman–Crippen MR) is 104 cm³/mol. The van der Waals surface area contributed by atoms with Crippen molar-refractivity contribution in [1.82, 2.24) is 5.32 Å². The summed E-state index contributed by atoms with van der Waals surface area (Å²) in [5.74, 6) is 1.01. The molecule has 1 amide bonds. The summed E-state index contributed by atoms with van der Waals surface area (Å²) >= 11 is 5.87. The standard InChI is InChI=1S/C19H23ClN2O2.ClH/c1-14(11-21)12-22-19(23)10-16-3-2-4-18(9-16)24-13-15-5-7-17(20)8-6-15;/h2-9,14H,10-13,21H2,1H3,(H,22,23);1H. The first-order chi connectivity index (χ1) is 11.6. The van der Waals surface area contributed by atoms with Gasteiger partial charge in [-0.1, -0.05) is 42.8 Å². The largest absolute Gasteiger partial charge is 0.489 e. The quantitative estimate of drug-likeness (QED) is 0.732. The lowest BCUT2D eigenvalue weighted by molar-refractivity contribution is -0.120. The molecular weight excluding hydrogens is 359 g/mol. The van der Waals surface area contributed by atoms with Gasteiger partial charge in [-0.2, -0.15) is 0 Å². The van der Waals surface area contributed by atoms with Gasteiger partial charge >= 0.3 is 0 Å². The zero-order valence-corrected chi connectivity index (χ0v) is 15.8. The second kappa shape index (κ2) is 11.0. The summed E-state index contributed by atoms with van der Waals surface area (Å²) in [5.41, 5.74) is 7.50. The Morgan fingerprint density at radius 1 is 1.20 bits per heavy atom. The molecule has 0 fully saturated rings. The van der Waals surface area contributed by atoms with Gasteiger partial charge in [0, 0.05) is 11.6 Å². The van der Waals surface area contributed by atoms with Gasteiger partial charge in [0.05, 0.1) is 6.42 Å². The van der Waals surface area contributed by atoms with E-state index in [2.05, 4.69) is 5.32 Å². The van der Waals surface area contributed by atoms with Crippen molar-refractivity contribution in [3.8, 4) is 5.75 Å². The number of carbonyl (C=O) groups is 1. The highest BCUT2D eigenvalue weighted by Gasteiger charge is 2.06. The van der Waals surface area contributed by atoms with Crippen LogP contribution in [0.3, 0.4) is 0 Å². The highest BCUT2D eigenvalue weighted by atomic mass is 35.5. The Balaban J connectivity index is 0.00000312. The number of nitrogens with one attached hydrogen (secondary N) is 1. The van der Waals surface area contributed by atoms with Crippen molar-refractivity contribution < 1.29 is 9.53 Å². The van der Waals surface area contributed by atoms with E-state index in [9.17, 15) is 4.79 Å². The lowest BCUT2D eigenvalue weighted by Gasteiger charge is -2.11. The minimum absolute atomic E-state index is 0. The van der Waals surface area contributed by atoms with Crippen LogP contribution in [0.1, 0.15) is 18.1 Å². The maximum Gasteiger partial charge on any atom is 0.224 e. The zero-order chi connectivity index (χ0) is 17.4. The van der Waals surface area contributed by atoms with E-state index in [1.807, 2.05) is 55.5 Å². The molecule has 3 N–H and O–H groups in total. The zero-order valence-electron chi connectivity index (χ0n) is 14.2. The smallest absolute Gasteiger partial charge is 0.224 e. The predicted octanol–water partition coefficient (Wildman–Crippen LogP) is 3.59. The normalized spacial score (nSPS) is 11.3. The Morgan fingerprint density at radius 2 is 1.92 bits per heavy atom. The Bertz CT molecular complexity index is 663. The molecule has 0 aliphatic carbocycles. The van der Waals surface area contributed by atoms with Gasteiger partial charge in [0.15, 0.2) is 0 Å². The first kappa shape index (κ1) is 21.3. The Kier molecular flexibility index (Phi) is 9.35. The van der Waals surface area contributed by atoms with Crippen LogP contribution in [0.15, 0.2) is 48.5 Å². The van der Waals surface area contributed by atoms with E-state index >= 15 is 0 Å². The second-order valence-corrected chi connectivity index (χ2v) is 6.32. The molecule has 0 bridgehead atoms. The summed E-state index contributed by atoms with van der Waals surface area (Å²) in [6.07, 6.45) is 0.329. The summed E-state index contributed by atoms with van der Waals surface area (Å²) in [6.45, 7) is 3.63. The van der Waals surface area contributed by atoms with Crippen molar-refractivity contribution in [2.45, 2.75) is 20.0 Å². The van der Waals surface area contributed by atoms with E-state index in [0.717, 1.165) is 16.9 Å². The lowest BCUT2D eigenvalue weighted by Crippen LogP contribution is -2.32. The van der Waals surface area contributed by atoms with E-state index in [-0.39, 0.29) is 24.2 Å². The minimum atomic E-state index is -0.00912. The number of amides is 1. The Labute approximate surface area is 160 Å². The number of carbonyl (C=O) groups excluding carboxylic acids is 1. The van der Waals surface area contributed by atoms with Gasteiger partial charge in [-0.25, -0.2) is 0 Å². The molecule has 25 heavy (non-hydrogen) atoms. The molecule has 0 radical (unpaired) electrons. The molecule has 6 heteroatoms. The first-order valence-corrected chi connectivity index (χ1v) is 8.37. The fourth-order valence-electron chi connectivity index (χ4n) is 2.11. The molecule has 136 valence electrons. The maximum atomic E-state index is 12.0. The lowest BCUT2D eigenvalue weighted by atomic mass is 10.1. The van der Waals surface area contributed by atoms with Crippen LogP contribution in [-0.4, -0.2) is 19.0 Å². The monoisotopic (exact) mass is 382 g/mol. The van der Waals surface area contributed by atoms with Crippen molar-refractivity contribution in [3.05, 3.63) is 64.7 Å². The average molecular weight is 383 g/mol. The molecule has 2 aromatic rings. The maximum absolute atomic E-state index is 12.0. The third-order valence-electron chi connectivity index (χ3n) is 3.63. The van der Waals surface area contributed by atoms with Crippen LogP contribution >= 0.6 is 24.0 Å². The number of rotatable bonds is 8. The number of benzene rings is 2. The molecule has 4 nitrogen and oxygen atoms in total. The van der Waals surface area contributed by atoms with Crippen molar-refractivity contribution in [3.63, 3.8) is 0 Å². The van der Waals surface area contributed by atoms with Gasteiger partial charge in [0.2, 0.25) is 5.91 Å². The van der Waals surface area contributed by atoms with Gasteiger partial charge in [0.1, 0.15) is 12.4 Å². The van der Waals surface area contributed by atoms with Gasteiger partial charge in [-0.3, -0.25) is 4.79 Å². The molecule has 2 aromatic carbocycles. The molecule has 0 spiro atoms. The number of halogens is 2. The number of nitrogens with two attached hydrogens (primary N) is 1. The molecule has 0 aliphatic rings. The van der Waals surface area contributed by atoms with E-state index in [1.54, 1.807) is 0 Å². The second-order valence-electron chi connectivity index (χ2n) is 5.88. The molecule has 2 rings (SSSR count). The van der Waals surface area contributed by atoms with Crippen LogP contribution in [0, 0.1) is 5.92 Å². The van der Waals surface area contributed by atoms with Gasteiger partial charge < -0.3 is 15.8 Å². The molecule has 1 atom stereocenters. The van der Waals surface area contributed by atoms with Crippen LogP contribution in [0.25, 0.3) is 0 Å². The SMILES string of the molecule is CC(CN)CNC(=O)Cc1cccc(OCc2ccc(Cl)cc2)c1.Cl. The van der Waals surface area contributed by atoms with Crippen molar-refractivity contribution in [2.24, 2.45) is 11.7 Å². The molecule has 0 aromatic heterocycles. The van der Waals surface area contributed by atoms with Crippen LogP contribution < -0.4 is 15.8 Å². The number of ether oxygens (including phenoxy) is 1. The minimum Gasteiger partial charge on any atom is -0.489 e. The molecule has 0 heterocycles. The van der Waals surface area contributed by atoms with Crippen LogP contribution in [0.5, 0.6) is 5.75 Å². The number of hydrogen-bond donors (Lipinski definition) is 2. The van der Waals surface area contributed by atoms with Gasteiger partial charge in [-0.15, -0.1) is 12.4 Å².